The first-order valence-electron chi connectivity index (χ1n) is 1.83. The Morgan fingerprint density at radius 2 is 2.11 bits per heavy atom. The van der Waals surface area contributed by atoms with Gasteiger partial charge in [-0.25, -0.2) is 9.13 Å². The van der Waals surface area contributed by atoms with Crippen molar-refractivity contribution in [3.05, 3.63) is 5.21 Å². The summed E-state index contributed by atoms with van der Waals surface area (Å²) < 4.78 is 19.4. The predicted molar refractivity (Wildman–Crippen MR) is 25.8 cm³/mol. The Morgan fingerprint density at radius 1 is 1.67 bits per heavy atom. The summed E-state index contributed by atoms with van der Waals surface area (Å²) in [5, 5.41) is 17.5. The molecule has 2 N–H and O–H groups in total. The number of carbonyl (C=O) groups excluding carboxylic acids is 1. The van der Waals surface area contributed by atoms with Crippen molar-refractivity contribution in [3.8, 4) is 0 Å². The number of aliphatic hydroxyl groups excluding tert-OH is 1. The van der Waals surface area contributed by atoms with Crippen molar-refractivity contribution in [3.63, 3.8) is 0 Å². The molecule has 0 aromatic rings. The van der Waals surface area contributed by atoms with Crippen LogP contribution >= 0.6 is 7.68 Å². The van der Waals surface area contributed by atoms with Gasteiger partial charge in [0.05, 0.1) is 0 Å². The Kier molecular flexibility index (Phi) is 3.08. The van der Waals surface area contributed by atoms with Gasteiger partial charge >= 0.3 is 7.68 Å². The van der Waals surface area contributed by atoms with E-state index in [2.05, 4.69) is 0 Å². The highest BCUT2D eigenvalue weighted by molar-refractivity contribution is 7.32. The van der Waals surface area contributed by atoms with Crippen LogP contribution in [0.1, 0.15) is 0 Å². The van der Waals surface area contributed by atoms with Crippen LogP contribution in [0, 0.1) is 5.21 Å². The molecule has 1 atom stereocenters. The number of rotatable bonds is 2. The lowest BCUT2D eigenvalue weighted by Crippen LogP contribution is -2.26. The highest BCUT2D eigenvalue weighted by Crippen LogP contribution is 2.09. The van der Waals surface area contributed by atoms with Crippen molar-refractivity contribution in [2.24, 2.45) is 0 Å². The van der Waals surface area contributed by atoms with Crippen molar-refractivity contribution < 1.29 is 19.0 Å². The van der Waals surface area contributed by atoms with E-state index in [0.29, 0.717) is 0 Å². The van der Waals surface area contributed by atoms with Gasteiger partial charge < -0.3 is 15.8 Å². The average Bonchev–Trinajstić information content (AvgIpc) is 1.84. The van der Waals surface area contributed by atoms with E-state index >= 15 is 0 Å². The van der Waals surface area contributed by atoms with E-state index in [-0.39, 0.29) is 0 Å². The van der Waals surface area contributed by atoms with Crippen LogP contribution in [0.4, 0.5) is 0 Å². The van der Waals surface area contributed by atoms with Gasteiger partial charge in [-0.2, -0.15) is 0 Å². The van der Waals surface area contributed by atoms with Crippen molar-refractivity contribution in [1.82, 2.24) is 5.48 Å². The summed E-state index contributed by atoms with van der Waals surface area (Å²) in [6.07, 6.45) is 0. The van der Waals surface area contributed by atoms with Gasteiger partial charge in [0.25, 0.3) is 5.91 Å². The molecule has 0 radical (unpaired) electrons. The maximum atomic E-state index is 9.90. The molecule has 0 saturated carbocycles. The van der Waals surface area contributed by atoms with Gasteiger partial charge in [0, 0.05) is 0 Å². The summed E-state index contributed by atoms with van der Waals surface area (Å²) in [5.41, 5.74) is 0.723. The number of carbonyl (C=O) groups is 1. The SMILES string of the molecule is O=C(N[O-])C(O)P(=O)=O. The molecular weight excluding hydrogens is 149 g/mol. The summed E-state index contributed by atoms with van der Waals surface area (Å²) in [6.45, 7) is 0. The summed E-state index contributed by atoms with van der Waals surface area (Å²) in [7, 11) is -3.26. The van der Waals surface area contributed by atoms with Crippen LogP contribution < -0.4 is 5.48 Å². The molecule has 0 aliphatic carbocycles. The van der Waals surface area contributed by atoms with Gasteiger partial charge in [-0.15, -0.1) is 0 Å². The molecule has 6 nitrogen and oxygen atoms in total. The lowest BCUT2D eigenvalue weighted by Gasteiger charge is -2.05. The largest absolute Gasteiger partial charge is 0.759 e. The number of nitrogens with one attached hydrogen (secondary N) is 1. The fourth-order valence-electron chi connectivity index (χ4n) is 0.148. The van der Waals surface area contributed by atoms with Crippen molar-refractivity contribution in [1.29, 1.82) is 0 Å². The quantitative estimate of drug-likeness (QED) is 0.393. The van der Waals surface area contributed by atoms with E-state index in [0.717, 1.165) is 5.48 Å². The number of hydrogen-bond acceptors (Lipinski definition) is 5. The molecule has 0 aliphatic rings. The fraction of sp³-hybridized carbons (Fsp3) is 0.500. The molecule has 52 valence electrons. The van der Waals surface area contributed by atoms with Crippen LogP contribution in [0.25, 0.3) is 0 Å². The Labute approximate surface area is 50.3 Å². The third kappa shape index (κ3) is 2.36. The van der Waals surface area contributed by atoms with Crippen molar-refractivity contribution in [2.75, 3.05) is 0 Å². The molecule has 9 heavy (non-hydrogen) atoms. The fourth-order valence-corrected chi connectivity index (χ4v) is 0.393. The maximum Gasteiger partial charge on any atom is 0.354 e. The van der Waals surface area contributed by atoms with Crippen LogP contribution in [-0.4, -0.2) is 16.9 Å². The second-order valence-electron chi connectivity index (χ2n) is 1.13. The number of hydrogen-bond donors (Lipinski definition) is 2. The Morgan fingerprint density at radius 3 is 2.22 bits per heavy atom. The van der Waals surface area contributed by atoms with E-state index in [4.69, 9.17) is 5.11 Å². The maximum absolute atomic E-state index is 9.90. The minimum atomic E-state index is -3.26. The molecular formula is C2H3NO5P-. The molecule has 0 bridgehead atoms. The molecule has 0 rings (SSSR count). The van der Waals surface area contributed by atoms with Crippen LogP contribution in [0.2, 0.25) is 0 Å². The third-order valence-corrected chi connectivity index (χ3v) is 1.17. The minimum Gasteiger partial charge on any atom is -0.759 e. The van der Waals surface area contributed by atoms with Crippen molar-refractivity contribution in [2.45, 2.75) is 5.85 Å². The number of aliphatic hydroxyl groups is 1. The monoisotopic (exact) mass is 152 g/mol. The third-order valence-electron chi connectivity index (χ3n) is 0.535. The highest BCUT2D eigenvalue weighted by Gasteiger charge is 2.16. The zero-order valence-corrected chi connectivity index (χ0v) is 5.00. The van der Waals surface area contributed by atoms with Crippen molar-refractivity contribution >= 4 is 13.6 Å². The molecule has 0 saturated heterocycles. The number of hydroxylamine groups is 1. The summed E-state index contributed by atoms with van der Waals surface area (Å²) >= 11 is 0. The van der Waals surface area contributed by atoms with Gasteiger partial charge in [-0.1, -0.05) is 0 Å². The highest BCUT2D eigenvalue weighted by atomic mass is 31.1. The van der Waals surface area contributed by atoms with E-state index in [9.17, 15) is 19.1 Å². The Bertz CT molecular complexity index is 166. The molecule has 0 spiro atoms. The zero-order valence-electron chi connectivity index (χ0n) is 4.10. The predicted octanol–water partition coefficient (Wildman–Crippen LogP) is -0.908. The lowest BCUT2D eigenvalue weighted by atomic mass is 10.7. The zero-order chi connectivity index (χ0) is 7.44. The Balaban J connectivity index is 4.04. The van der Waals surface area contributed by atoms with Gasteiger partial charge in [-0.3, -0.25) is 4.79 Å². The summed E-state index contributed by atoms with van der Waals surface area (Å²) in [4.78, 5) is 9.90. The second kappa shape index (κ2) is 3.34. The second-order valence-corrected chi connectivity index (χ2v) is 2.19. The molecule has 0 fully saturated rings. The average molecular weight is 152 g/mol. The minimum absolute atomic E-state index is 0.723. The van der Waals surface area contributed by atoms with E-state index in [1.165, 1.54) is 0 Å². The molecule has 0 aromatic carbocycles. The van der Waals surface area contributed by atoms with E-state index in [1.54, 1.807) is 0 Å². The van der Waals surface area contributed by atoms with Crippen LogP contribution in [0.3, 0.4) is 0 Å². The van der Waals surface area contributed by atoms with Crippen LogP contribution in [0.5, 0.6) is 0 Å². The first kappa shape index (κ1) is 8.29. The van der Waals surface area contributed by atoms with E-state index < -0.39 is 19.4 Å². The first-order chi connectivity index (χ1) is 4.09. The molecule has 1 amide bonds. The van der Waals surface area contributed by atoms with Crippen LogP contribution in [-0.2, 0) is 13.9 Å². The molecule has 0 aliphatic heterocycles. The lowest BCUT2D eigenvalue weighted by molar-refractivity contribution is -0.124. The molecule has 0 heterocycles. The Hall–Kier alpha value is -0.710. The van der Waals surface area contributed by atoms with Gasteiger partial charge in [0.2, 0.25) is 5.85 Å². The molecule has 7 heteroatoms. The van der Waals surface area contributed by atoms with Gasteiger partial charge in [0.15, 0.2) is 0 Å². The first-order valence-corrected chi connectivity index (χ1v) is 3.08. The van der Waals surface area contributed by atoms with Gasteiger partial charge in [-0.05, 0) is 0 Å². The topological polar surface area (TPSA) is 107 Å². The summed E-state index contributed by atoms with van der Waals surface area (Å²) in [6, 6.07) is 0. The molecule has 1 unspecified atom stereocenters. The standard InChI is InChI=1S/C2H3NO5P/c4-1(3-6)2(5)9(7)8/h2,5H,(H-,3,4,6)/q-1. The van der Waals surface area contributed by atoms with Crippen LogP contribution in [0.15, 0.2) is 0 Å². The summed E-state index contributed by atoms with van der Waals surface area (Å²) in [5.74, 6) is -3.69. The number of amides is 1. The molecule has 0 aromatic heterocycles. The van der Waals surface area contributed by atoms with Gasteiger partial charge in [0.1, 0.15) is 0 Å². The normalized spacial score (nSPS) is 12.2. The smallest absolute Gasteiger partial charge is 0.354 e. The van der Waals surface area contributed by atoms with E-state index in [1.807, 2.05) is 0 Å².